The molecule has 0 spiro atoms. The molecule has 18 heavy (non-hydrogen) atoms. The van der Waals surface area contributed by atoms with Crippen LogP contribution in [0.3, 0.4) is 0 Å². The molecule has 1 aromatic carbocycles. The predicted molar refractivity (Wildman–Crippen MR) is 72.2 cm³/mol. The number of rotatable bonds is 4. The van der Waals surface area contributed by atoms with Crippen LogP contribution in [0.2, 0.25) is 5.02 Å². The lowest BCUT2D eigenvalue weighted by atomic mass is 10.2. The number of hydrogen-bond acceptors (Lipinski definition) is 2. The molecule has 0 fully saturated rings. The summed E-state index contributed by atoms with van der Waals surface area (Å²) in [5, 5.41) is 4.09. The predicted octanol–water partition coefficient (Wildman–Crippen LogP) is 4.92. The number of nitrogens with zero attached hydrogens (tertiary/aromatic N) is 3. The average Bonchev–Trinajstić information content (AvgIpc) is 2.84. The fourth-order valence-corrected chi connectivity index (χ4v) is 1.59. The lowest BCUT2D eigenvalue weighted by Gasteiger charge is -1.96. The van der Waals surface area contributed by atoms with E-state index in [1.54, 1.807) is 12.2 Å². The lowest BCUT2D eigenvalue weighted by molar-refractivity contribution is 0.571. The second-order valence-electron chi connectivity index (χ2n) is 3.52. The lowest BCUT2D eigenvalue weighted by Crippen LogP contribution is -1.72. The summed E-state index contributed by atoms with van der Waals surface area (Å²) >= 11 is 5.82. The van der Waals surface area contributed by atoms with E-state index in [1.807, 2.05) is 36.4 Å². The minimum absolute atomic E-state index is 0.313. The van der Waals surface area contributed by atoms with Gasteiger partial charge in [0.15, 0.2) is 0 Å². The maximum absolute atomic E-state index is 8.13. The van der Waals surface area contributed by atoms with Gasteiger partial charge in [0.2, 0.25) is 0 Å². The first kappa shape index (κ1) is 12.3. The smallest absolute Gasteiger partial charge is 0.134 e. The van der Waals surface area contributed by atoms with Crippen molar-refractivity contribution >= 4 is 17.7 Å². The van der Waals surface area contributed by atoms with Crippen molar-refractivity contribution in [2.45, 2.75) is 0 Å². The molecule has 1 aromatic heterocycles. The molecule has 90 valence electrons. The van der Waals surface area contributed by atoms with Crippen LogP contribution in [0.1, 0.15) is 5.76 Å². The van der Waals surface area contributed by atoms with Gasteiger partial charge in [-0.25, -0.2) is 0 Å². The molecule has 0 N–H and O–H groups in total. The summed E-state index contributed by atoms with van der Waals surface area (Å²) in [5.41, 5.74) is 9.10. The summed E-state index contributed by atoms with van der Waals surface area (Å²) < 4.78 is 5.63. The van der Waals surface area contributed by atoms with Gasteiger partial charge < -0.3 is 4.42 Å². The largest absolute Gasteiger partial charge is 0.457 e. The molecule has 0 bridgehead atoms. The molecular weight excluding hydrogens is 250 g/mol. The summed E-state index contributed by atoms with van der Waals surface area (Å²) in [6, 6.07) is 11.2. The van der Waals surface area contributed by atoms with Crippen molar-refractivity contribution in [3.63, 3.8) is 0 Å². The fourth-order valence-electron chi connectivity index (χ4n) is 1.46. The molecule has 5 heteroatoms. The van der Waals surface area contributed by atoms with E-state index in [1.165, 1.54) is 0 Å². The van der Waals surface area contributed by atoms with Crippen LogP contribution in [0.15, 0.2) is 52.0 Å². The average molecular weight is 260 g/mol. The molecule has 0 atom stereocenters. The molecule has 4 nitrogen and oxygen atoms in total. The third-order valence-corrected chi connectivity index (χ3v) is 2.54. The van der Waals surface area contributed by atoms with Crippen LogP contribution in [0.4, 0.5) is 0 Å². The van der Waals surface area contributed by atoms with Crippen molar-refractivity contribution in [2.75, 3.05) is 6.54 Å². The van der Waals surface area contributed by atoms with Gasteiger partial charge in [-0.15, -0.1) is 0 Å². The van der Waals surface area contributed by atoms with E-state index in [9.17, 15) is 0 Å². The molecule has 0 aliphatic carbocycles. The first-order valence-electron chi connectivity index (χ1n) is 5.33. The highest BCUT2D eigenvalue weighted by molar-refractivity contribution is 6.30. The molecule has 2 rings (SSSR count). The van der Waals surface area contributed by atoms with Crippen molar-refractivity contribution in [2.24, 2.45) is 5.11 Å². The molecule has 0 saturated carbocycles. The van der Waals surface area contributed by atoms with E-state index < -0.39 is 0 Å². The van der Waals surface area contributed by atoms with Crippen molar-refractivity contribution in [1.82, 2.24) is 0 Å². The van der Waals surface area contributed by atoms with Gasteiger partial charge in [0, 0.05) is 22.0 Å². The first-order chi connectivity index (χ1) is 8.79. The van der Waals surface area contributed by atoms with Gasteiger partial charge >= 0.3 is 0 Å². The van der Waals surface area contributed by atoms with E-state index in [-0.39, 0.29) is 0 Å². The number of furan rings is 1. The summed E-state index contributed by atoms with van der Waals surface area (Å²) in [7, 11) is 0. The summed E-state index contributed by atoms with van der Waals surface area (Å²) in [6.07, 6.45) is 3.51. The van der Waals surface area contributed by atoms with Crippen LogP contribution < -0.4 is 0 Å². The van der Waals surface area contributed by atoms with E-state index in [4.69, 9.17) is 21.5 Å². The van der Waals surface area contributed by atoms with Gasteiger partial charge in [0.05, 0.1) is 0 Å². The van der Waals surface area contributed by atoms with E-state index in [0.29, 0.717) is 17.3 Å². The fraction of sp³-hybridized carbons (Fsp3) is 0.0769. The van der Waals surface area contributed by atoms with Gasteiger partial charge in [-0.2, -0.15) is 0 Å². The van der Waals surface area contributed by atoms with Gasteiger partial charge in [0.25, 0.3) is 0 Å². The standard InChI is InChI=1S/C13H10ClN3O/c14-11-5-3-10(4-6-11)13-8-7-12(18-13)2-1-9-16-17-15/h1-8H,9H2. The van der Waals surface area contributed by atoms with Crippen molar-refractivity contribution in [1.29, 1.82) is 0 Å². The highest BCUT2D eigenvalue weighted by Gasteiger charge is 2.02. The minimum atomic E-state index is 0.313. The van der Waals surface area contributed by atoms with Crippen LogP contribution in [0.5, 0.6) is 0 Å². The van der Waals surface area contributed by atoms with Gasteiger partial charge in [-0.3, -0.25) is 0 Å². The summed E-state index contributed by atoms with van der Waals surface area (Å²) in [5.74, 6) is 1.49. The molecule has 0 saturated heterocycles. The highest BCUT2D eigenvalue weighted by Crippen LogP contribution is 2.24. The molecule has 0 aliphatic heterocycles. The molecule has 0 radical (unpaired) electrons. The second-order valence-corrected chi connectivity index (χ2v) is 3.96. The Morgan fingerprint density at radius 1 is 1.22 bits per heavy atom. The van der Waals surface area contributed by atoms with Crippen LogP contribution in [0.25, 0.3) is 27.8 Å². The highest BCUT2D eigenvalue weighted by atomic mass is 35.5. The molecule has 0 aliphatic rings. The Kier molecular flexibility index (Phi) is 4.07. The van der Waals surface area contributed by atoms with Gasteiger partial charge in [-0.1, -0.05) is 22.8 Å². The SMILES string of the molecule is [N-]=[N+]=NCC=Cc1ccc(-c2ccc(Cl)cc2)o1. The zero-order valence-electron chi connectivity index (χ0n) is 9.45. The number of hydrogen-bond donors (Lipinski definition) is 0. The molecule has 1 heterocycles. The molecule has 2 aromatic rings. The Labute approximate surface area is 109 Å². The maximum Gasteiger partial charge on any atom is 0.134 e. The molecule has 0 amide bonds. The summed E-state index contributed by atoms with van der Waals surface area (Å²) in [4.78, 5) is 2.66. The second kappa shape index (κ2) is 5.96. The Hall–Kier alpha value is -2.16. The Morgan fingerprint density at radius 2 is 2.00 bits per heavy atom. The van der Waals surface area contributed by atoms with E-state index >= 15 is 0 Å². The van der Waals surface area contributed by atoms with Crippen LogP contribution in [-0.2, 0) is 0 Å². The topological polar surface area (TPSA) is 61.9 Å². The third-order valence-electron chi connectivity index (χ3n) is 2.29. The Morgan fingerprint density at radius 3 is 2.72 bits per heavy atom. The van der Waals surface area contributed by atoms with Crippen LogP contribution in [0, 0.1) is 0 Å². The van der Waals surface area contributed by atoms with Crippen molar-refractivity contribution in [3.8, 4) is 11.3 Å². The van der Waals surface area contributed by atoms with E-state index in [2.05, 4.69) is 10.0 Å². The molecular formula is C13H10ClN3O. The Bertz CT molecular complexity index is 595. The van der Waals surface area contributed by atoms with Crippen molar-refractivity contribution < 1.29 is 4.42 Å². The number of benzene rings is 1. The zero-order valence-corrected chi connectivity index (χ0v) is 10.2. The zero-order chi connectivity index (χ0) is 12.8. The first-order valence-corrected chi connectivity index (χ1v) is 5.70. The third kappa shape index (κ3) is 3.17. The van der Waals surface area contributed by atoms with Crippen molar-refractivity contribution in [3.05, 3.63) is 63.7 Å². The molecule has 0 unspecified atom stereocenters. The van der Waals surface area contributed by atoms with E-state index in [0.717, 1.165) is 11.3 Å². The number of azide groups is 1. The van der Waals surface area contributed by atoms with Gasteiger partial charge in [0.1, 0.15) is 11.5 Å². The normalized spacial score (nSPS) is 10.5. The minimum Gasteiger partial charge on any atom is -0.457 e. The summed E-state index contributed by atoms with van der Waals surface area (Å²) in [6.45, 7) is 0.313. The Balaban J connectivity index is 2.12. The quantitative estimate of drug-likeness (QED) is 0.436. The van der Waals surface area contributed by atoms with Crippen LogP contribution >= 0.6 is 11.6 Å². The van der Waals surface area contributed by atoms with Crippen LogP contribution in [-0.4, -0.2) is 6.54 Å². The maximum atomic E-state index is 8.13. The number of halogens is 1. The van der Waals surface area contributed by atoms with Gasteiger partial charge in [-0.05, 0) is 48.0 Å². The monoisotopic (exact) mass is 259 g/mol.